The van der Waals surface area contributed by atoms with Crippen molar-refractivity contribution in [3.05, 3.63) is 29.6 Å². The van der Waals surface area contributed by atoms with Gasteiger partial charge in [-0.05, 0) is 25.7 Å². The predicted molar refractivity (Wildman–Crippen MR) is 94.2 cm³/mol. The van der Waals surface area contributed by atoms with Gasteiger partial charge in [-0.2, -0.15) is 5.10 Å². The Balaban J connectivity index is 2.73. The molecule has 0 saturated carbocycles. The molecule has 1 aromatic rings. The third-order valence-corrected chi connectivity index (χ3v) is 3.93. The van der Waals surface area contributed by atoms with E-state index in [4.69, 9.17) is 0 Å². The summed E-state index contributed by atoms with van der Waals surface area (Å²) < 4.78 is 2.01. The van der Waals surface area contributed by atoms with Crippen molar-refractivity contribution in [2.45, 2.75) is 46.1 Å². The van der Waals surface area contributed by atoms with Crippen molar-refractivity contribution in [1.82, 2.24) is 20.0 Å². The van der Waals surface area contributed by atoms with Crippen LogP contribution in [0.15, 0.2) is 17.6 Å². The molecule has 5 heteroatoms. The molecule has 22 heavy (non-hydrogen) atoms. The van der Waals surface area contributed by atoms with Gasteiger partial charge in [0.05, 0.1) is 5.69 Å². The van der Waals surface area contributed by atoms with Crippen LogP contribution in [-0.2, 0) is 26.4 Å². The number of aryl methyl sites for hydroxylation is 2. The van der Waals surface area contributed by atoms with E-state index in [2.05, 4.69) is 47.8 Å². The fourth-order valence-electron chi connectivity index (χ4n) is 2.72. The molecule has 5 nitrogen and oxygen atoms in total. The highest BCUT2D eigenvalue weighted by atomic mass is 15.3. The molecule has 0 atom stereocenters. The van der Waals surface area contributed by atoms with Gasteiger partial charge < -0.3 is 10.2 Å². The third kappa shape index (κ3) is 4.61. The number of hydrogen-bond donors (Lipinski definition) is 1. The Hall–Kier alpha value is -1.78. The molecule has 1 N–H and O–H groups in total. The molecule has 124 valence electrons. The van der Waals surface area contributed by atoms with Gasteiger partial charge in [0.2, 0.25) is 0 Å². The number of aliphatic imine (C=N–C) groups is 1. The largest absolute Gasteiger partial charge is 0.352 e. The molecule has 1 rings (SSSR count). The van der Waals surface area contributed by atoms with Gasteiger partial charge in [-0.25, -0.2) is 0 Å². The quantitative estimate of drug-likeness (QED) is 0.347. The fourth-order valence-corrected chi connectivity index (χ4v) is 2.72. The summed E-state index contributed by atoms with van der Waals surface area (Å²) in [7, 11) is 5.93. The maximum Gasteiger partial charge on any atom is 0.193 e. The molecule has 0 spiro atoms. The normalized spacial score (nSPS) is 11.6. The standard InChI is InChI=1S/C17H31N5/c1-7-10-11-12-21(5)17(18-4)19-13-14-15(8-2)20-22(6)16(14)9-3/h7H,1,8-13H2,2-6H3,(H,18,19). The fraction of sp³-hybridized carbons (Fsp3) is 0.647. The van der Waals surface area contributed by atoms with E-state index >= 15 is 0 Å². The van der Waals surface area contributed by atoms with E-state index < -0.39 is 0 Å². The molecule has 0 aliphatic heterocycles. The van der Waals surface area contributed by atoms with Gasteiger partial charge in [-0.15, -0.1) is 6.58 Å². The zero-order valence-corrected chi connectivity index (χ0v) is 14.8. The maximum absolute atomic E-state index is 4.62. The molecule has 0 aliphatic rings. The highest BCUT2D eigenvalue weighted by Gasteiger charge is 2.14. The van der Waals surface area contributed by atoms with Crippen LogP contribution in [0.2, 0.25) is 0 Å². The monoisotopic (exact) mass is 305 g/mol. The SMILES string of the molecule is C=CCCCN(C)C(=NC)NCc1c(CC)nn(C)c1CC. The summed E-state index contributed by atoms with van der Waals surface area (Å²) in [5, 5.41) is 8.09. The Morgan fingerprint density at radius 3 is 2.68 bits per heavy atom. The Labute approximate surface area is 135 Å². The summed E-state index contributed by atoms with van der Waals surface area (Å²) in [6.45, 7) is 9.85. The number of rotatable bonds is 8. The number of nitrogens with zero attached hydrogens (tertiary/aromatic N) is 4. The van der Waals surface area contributed by atoms with Crippen molar-refractivity contribution in [3.63, 3.8) is 0 Å². The summed E-state index contributed by atoms with van der Waals surface area (Å²) in [6.07, 6.45) is 6.03. The van der Waals surface area contributed by atoms with Gasteiger partial charge in [0.1, 0.15) is 0 Å². The highest BCUT2D eigenvalue weighted by Crippen LogP contribution is 2.15. The molecular weight excluding hydrogens is 274 g/mol. The second kappa shape index (κ2) is 9.28. The Kier molecular flexibility index (Phi) is 7.71. The summed E-state index contributed by atoms with van der Waals surface area (Å²) in [6, 6.07) is 0. The number of hydrogen-bond acceptors (Lipinski definition) is 2. The molecule has 0 fully saturated rings. The minimum absolute atomic E-state index is 0.776. The van der Waals surface area contributed by atoms with E-state index in [9.17, 15) is 0 Å². The Morgan fingerprint density at radius 2 is 2.14 bits per heavy atom. The van der Waals surface area contributed by atoms with E-state index in [1.54, 1.807) is 0 Å². The van der Waals surface area contributed by atoms with Crippen LogP contribution in [-0.4, -0.2) is 41.3 Å². The molecule has 1 aromatic heterocycles. The lowest BCUT2D eigenvalue weighted by Gasteiger charge is -2.22. The molecule has 0 bridgehead atoms. The number of nitrogens with one attached hydrogen (secondary N) is 1. The van der Waals surface area contributed by atoms with Crippen molar-refractivity contribution in [2.75, 3.05) is 20.6 Å². The average molecular weight is 305 g/mol. The molecule has 0 aliphatic carbocycles. The van der Waals surface area contributed by atoms with Gasteiger partial charge in [-0.1, -0.05) is 19.9 Å². The lowest BCUT2D eigenvalue weighted by molar-refractivity contribution is 0.469. The van der Waals surface area contributed by atoms with E-state index in [1.165, 1.54) is 17.0 Å². The van der Waals surface area contributed by atoms with Crippen molar-refractivity contribution in [3.8, 4) is 0 Å². The van der Waals surface area contributed by atoms with Gasteiger partial charge in [-0.3, -0.25) is 9.67 Å². The predicted octanol–water partition coefficient (Wildman–Crippen LogP) is 2.52. The van der Waals surface area contributed by atoms with Crippen LogP contribution in [0.1, 0.15) is 43.6 Å². The molecule has 0 saturated heterocycles. The average Bonchev–Trinajstić information content (AvgIpc) is 2.83. The van der Waals surface area contributed by atoms with E-state index in [0.29, 0.717) is 0 Å². The van der Waals surface area contributed by atoms with Gasteiger partial charge in [0.25, 0.3) is 0 Å². The molecule has 0 amide bonds. The first-order chi connectivity index (χ1) is 10.6. The lowest BCUT2D eigenvalue weighted by Crippen LogP contribution is -2.39. The van der Waals surface area contributed by atoms with Crippen LogP contribution >= 0.6 is 0 Å². The first-order valence-electron chi connectivity index (χ1n) is 8.15. The molecule has 0 aromatic carbocycles. The minimum atomic E-state index is 0.776. The second-order valence-corrected chi connectivity index (χ2v) is 5.46. The van der Waals surface area contributed by atoms with Crippen LogP contribution in [0.5, 0.6) is 0 Å². The molecule has 0 radical (unpaired) electrons. The lowest BCUT2D eigenvalue weighted by atomic mass is 10.1. The Bertz CT molecular complexity index is 501. The second-order valence-electron chi connectivity index (χ2n) is 5.46. The molecule has 1 heterocycles. The van der Waals surface area contributed by atoms with Crippen molar-refractivity contribution in [2.24, 2.45) is 12.0 Å². The van der Waals surface area contributed by atoms with Crippen molar-refractivity contribution in [1.29, 1.82) is 0 Å². The maximum atomic E-state index is 4.62. The summed E-state index contributed by atoms with van der Waals surface area (Å²) in [4.78, 5) is 6.54. The van der Waals surface area contributed by atoms with Crippen LogP contribution in [0, 0.1) is 0 Å². The highest BCUT2D eigenvalue weighted by molar-refractivity contribution is 5.79. The zero-order chi connectivity index (χ0) is 16.5. The van der Waals surface area contributed by atoms with Crippen LogP contribution in [0.4, 0.5) is 0 Å². The van der Waals surface area contributed by atoms with Gasteiger partial charge >= 0.3 is 0 Å². The number of guanidine groups is 1. The van der Waals surface area contributed by atoms with Gasteiger partial charge in [0.15, 0.2) is 5.96 Å². The van der Waals surface area contributed by atoms with Gasteiger partial charge in [0, 0.05) is 45.5 Å². The topological polar surface area (TPSA) is 45.4 Å². The summed E-state index contributed by atoms with van der Waals surface area (Å²) >= 11 is 0. The van der Waals surface area contributed by atoms with Crippen LogP contribution in [0.25, 0.3) is 0 Å². The molecule has 0 unspecified atom stereocenters. The smallest absolute Gasteiger partial charge is 0.193 e. The molecular formula is C17H31N5. The van der Waals surface area contributed by atoms with E-state index in [0.717, 1.165) is 44.7 Å². The number of aromatic nitrogens is 2. The van der Waals surface area contributed by atoms with E-state index in [-0.39, 0.29) is 0 Å². The Morgan fingerprint density at radius 1 is 1.41 bits per heavy atom. The van der Waals surface area contributed by atoms with E-state index in [1.807, 2.05) is 24.9 Å². The first-order valence-corrected chi connectivity index (χ1v) is 8.15. The first kappa shape index (κ1) is 18.3. The minimum Gasteiger partial charge on any atom is -0.352 e. The number of allylic oxidation sites excluding steroid dienone is 1. The van der Waals surface area contributed by atoms with Crippen LogP contribution < -0.4 is 5.32 Å². The van der Waals surface area contributed by atoms with Crippen LogP contribution in [0.3, 0.4) is 0 Å². The zero-order valence-electron chi connectivity index (χ0n) is 14.8. The van der Waals surface area contributed by atoms with Crippen molar-refractivity contribution >= 4 is 5.96 Å². The summed E-state index contributed by atoms with van der Waals surface area (Å²) in [5.74, 6) is 0.928. The summed E-state index contributed by atoms with van der Waals surface area (Å²) in [5.41, 5.74) is 3.79. The van der Waals surface area contributed by atoms with Crippen molar-refractivity contribution < 1.29 is 0 Å². The number of unbranched alkanes of at least 4 members (excludes halogenated alkanes) is 1. The third-order valence-electron chi connectivity index (χ3n) is 3.93.